The van der Waals surface area contributed by atoms with Crippen molar-refractivity contribution in [1.29, 1.82) is 0 Å². The number of aliphatic hydroxyl groups is 2. The first-order valence-corrected chi connectivity index (χ1v) is 15.8. The zero-order valence-corrected chi connectivity index (χ0v) is 27.1. The Kier molecular flexibility index (Phi) is 18.2. The van der Waals surface area contributed by atoms with E-state index in [1.165, 1.54) is 11.9 Å². The lowest BCUT2D eigenvalue weighted by Gasteiger charge is -2.14. The van der Waals surface area contributed by atoms with Gasteiger partial charge in [0, 0.05) is 11.8 Å². The summed E-state index contributed by atoms with van der Waals surface area (Å²) in [5.74, 6) is 0.894. The number of ether oxygens (including phenoxy) is 2. The van der Waals surface area contributed by atoms with Gasteiger partial charge in [-0.25, -0.2) is 9.97 Å². The van der Waals surface area contributed by atoms with Crippen LogP contribution in [0.5, 0.6) is 0 Å². The number of nitrogens with zero attached hydrogens (tertiary/aromatic N) is 2. The number of aromatic nitrogens is 2. The number of aliphatic hydroxyl groups excluding tert-OH is 2. The van der Waals surface area contributed by atoms with Crippen LogP contribution in [0.4, 0.5) is 5.82 Å². The normalized spacial score (nSPS) is 16.5. The number of anilines is 1. The van der Waals surface area contributed by atoms with Gasteiger partial charge in [-0.2, -0.15) is 0 Å². The molecule has 0 radical (unpaired) electrons. The SMILES string of the molecule is CC.Cc1csc(C2OC(COCc3ccccc3)CC2C)cncnc1N.OCc1ccccc1.OCc1ccccc1. The largest absolute Gasteiger partial charge is 0.392 e. The summed E-state index contributed by atoms with van der Waals surface area (Å²) in [6, 6.07) is 29.2. The molecule has 3 aromatic carbocycles. The second kappa shape index (κ2) is 21.9. The molecule has 1 saturated heterocycles. The maximum absolute atomic E-state index is 8.54. The van der Waals surface area contributed by atoms with E-state index in [0.29, 0.717) is 24.9 Å². The highest BCUT2D eigenvalue weighted by Crippen LogP contribution is 2.39. The quantitative estimate of drug-likeness (QED) is 0.196. The number of nitrogens with two attached hydrogens (primary N) is 1. The number of rotatable bonds is 7. The molecule has 4 N–H and O–H groups in total. The Labute approximate surface area is 266 Å². The van der Waals surface area contributed by atoms with Crippen molar-refractivity contribution in [2.75, 3.05) is 12.3 Å². The van der Waals surface area contributed by atoms with E-state index in [1.807, 2.05) is 111 Å². The third-order valence-electron chi connectivity index (χ3n) is 6.48. The second-order valence-electron chi connectivity index (χ2n) is 9.91. The monoisotopic (exact) mass is 617 g/mol. The molecule has 0 spiro atoms. The fourth-order valence-electron chi connectivity index (χ4n) is 4.13. The molecule has 1 fully saturated rings. The lowest BCUT2D eigenvalue weighted by Crippen LogP contribution is -2.14. The standard InChI is InChI=1S/C20H25N3O2S.2C7H8O.C2H6/c1-14-8-17(11-24-10-16-6-4-3-5-7-16)25-19(14)18-9-22-13-23-20(21)15(2)12-26-18;2*8-6-7-4-2-1-3-5-7;1-2/h3-7,9,12-14,17,19H,8,10-11H2,1-2H3,(H2,21,22,23);2*1-5,8H,6H2;1-2H3. The second-order valence-corrected chi connectivity index (χ2v) is 10.9. The number of hydrogen-bond acceptors (Lipinski definition) is 8. The molecule has 7 nitrogen and oxygen atoms in total. The van der Waals surface area contributed by atoms with Gasteiger partial charge in [0.1, 0.15) is 12.1 Å². The molecular weight excluding hydrogens is 570 g/mol. The molecule has 2 heterocycles. The molecule has 236 valence electrons. The molecule has 3 atom stereocenters. The third-order valence-corrected chi connectivity index (χ3v) is 7.56. The molecule has 4 aromatic rings. The van der Waals surface area contributed by atoms with Crippen molar-refractivity contribution in [3.8, 4) is 0 Å². The van der Waals surface area contributed by atoms with Gasteiger partial charge in [0.2, 0.25) is 0 Å². The van der Waals surface area contributed by atoms with Gasteiger partial charge in [-0.15, -0.1) is 11.3 Å². The molecule has 0 saturated carbocycles. The van der Waals surface area contributed by atoms with Crippen LogP contribution in [0, 0.1) is 12.8 Å². The average Bonchev–Trinajstić information content (AvgIpc) is 3.49. The molecule has 0 bridgehead atoms. The fourth-order valence-corrected chi connectivity index (χ4v) is 5.11. The van der Waals surface area contributed by atoms with Crippen molar-refractivity contribution in [2.24, 2.45) is 5.92 Å². The van der Waals surface area contributed by atoms with Gasteiger partial charge in [0.05, 0.1) is 43.5 Å². The van der Waals surface area contributed by atoms with Gasteiger partial charge < -0.3 is 25.4 Å². The predicted molar refractivity (Wildman–Crippen MR) is 180 cm³/mol. The predicted octanol–water partition coefficient (Wildman–Crippen LogP) is 7.62. The highest BCUT2D eigenvalue weighted by Gasteiger charge is 2.33. The zero-order chi connectivity index (χ0) is 32.0. The van der Waals surface area contributed by atoms with Crippen LogP contribution in [-0.4, -0.2) is 32.9 Å². The van der Waals surface area contributed by atoms with Crippen LogP contribution in [0.15, 0.2) is 109 Å². The van der Waals surface area contributed by atoms with Crippen molar-refractivity contribution >= 4 is 17.2 Å². The maximum Gasteiger partial charge on any atom is 0.128 e. The Balaban J connectivity index is 0.000000304. The summed E-state index contributed by atoms with van der Waals surface area (Å²) in [6.07, 6.45) is 4.40. The van der Waals surface area contributed by atoms with E-state index < -0.39 is 0 Å². The van der Waals surface area contributed by atoms with Crippen LogP contribution in [0.2, 0.25) is 0 Å². The van der Waals surface area contributed by atoms with Crippen molar-refractivity contribution in [2.45, 2.75) is 66.1 Å². The minimum Gasteiger partial charge on any atom is -0.392 e. The minimum absolute atomic E-state index is 0.0193. The molecule has 8 heteroatoms. The van der Waals surface area contributed by atoms with E-state index in [-0.39, 0.29) is 25.4 Å². The lowest BCUT2D eigenvalue weighted by atomic mass is 10.0. The Hall–Kier alpha value is -3.66. The van der Waals surface area contributed by atoms with E-state index in [4.69, 9.17) is 25.4 Å². The van der Waals surface area contributed by atoms with Crippen molar-refractivity contribution in [3.63, 3.8) is 0 Å². The Bertz CT molecular complexity index is 1300. The number of hydrogen-bond donors (Lipinski definition) is 3. The van der Waals surface area contributed by atoms with Crippen molar-refractivity contribution in [1.82, 2.24) is 9.97 Å². The molecule has 1 aliphatic rings. The highest BCUT2D eigenvalue weighted by atomic mass is 32.1. The number of benzene rings is 3. The summed E-state index contributed by atoms with van der Waals surface area (Å²) < 4.78 is 12.1. The maximum atomic E-state index is 8.54. The van der Waals surface area contributed by atoms with Gasteiger partial charge in [-0.3, -0.25) is 0 Å². The molecule has 1 aromatic heterocycles. The molecule has 5 rings (SSSR count). The Morgan fingerprint density at radius 1 is 0.864 bits per heavy atom. The topological polar surface area (TPSA) is 111 Å². The summed E-state index contributed by atoms with van der Waals surface area (Å²) in [7, 11) is 0. The van der Waals surface area contributed by atoms with Crippen LogP contribution < -0.4 is 5.73 Å². The molecule has 0 amide bonds. The number of nitrogen functional groups attached to an aromatic ring is 1. The molecule has 0 aliphatic carbocycles. The fraction of sp³-hybridized carbons (Fsp3) is 0.333. The molecule has 1 aliphatic heterocycles. The first kappa shape index (κ1) is 36.5. The van der Waals surface area contributed by atoms with Gasteiger partial charge in [-0.05, 0) is 41.3 Å². The smallest absolute Gasteiger partial charge is 0.128 e. The van der Waals surface area contributed by atoms with Gasteiger partial charge in [0.15, 0.2) is 0 Å². The van der Waals surface area contributed by atoms with E-state index in [0.717, 1.165) is 28.0 Å². The summed E-state index contributed by atoms with van der Waals surface area (Å²) in [6.45, 7) is 9.65. The van der Waals surface area contributed by atoms with Gasteiger partial charge >= 0.3 is 0 Å². The van der Waals surface area contributed by atoms with E-state index >= 15 is 0 Å². The van der Waals surface area contributed by atoms with Gasteiger partial charge in [0.25, 0.3) is 0 Å². The van der Waals surface area contributed by atoms with Crippen LogP contribution in [-0.2, 0) is 29.3 Å². The Morgan fingerprint density at radius 3 is 1.89 bits per heavy atom. The highest BCUT2D eigenvalue weighted by molar-refractivity contribution is 7.09. The zero-order valence-electron chi connectivity index (χ0n) is 26.3. The first-order chi connectivity index (χ1) is 21.5. The first-order valence-electron chi connectivity index (χ1n) is 15.0. The third kappa shape index (κ3) is 13.8. The molecular formula is C36H47N3O4S. The lowest BCUT2D eigenvalue weighted by molar-refractivity contribution is -0.0227. The van der Waals surface area contributed by atoms with Crippen LogP contribution >= 0.6 is 11.3 Å². The van der Waals surface area contributed by atoms with E-state index in [2.05, 4.69) is 29.0 Å². The van der Waals surface area contributed by atoms with E-state index in [9.17, 15) is 0 Å². The summed E-state index contributed by atoms with van der Waals surface area (Å²) in [5.41, 5.74) is 9.92. The summed E-state index contributed by atoms with van der Waals surface area (Å²) in [4.78, 5) is 9.42. The van der Waals surface area contributed by atoms with Gasteiger partial charge in [-0.1, -0.05) is 112 Å². The molecule has 3 unspecified atom stereocenters. The van der Waals surface area contributed by atoms with Crippen LogP contribution in [0.3, 0.4) is 0 Å². The van der Waals surface area contributed by atoms with E-state index in [1.54, 1.807) is 11.3 Å². The van der Waals surface area contributed by atoms with Crippen molar-refractivity contribution in [3.05, 3.63) is 136 Å². The molecule has 44 heavy (non-hydrogen) atoms. The minimum atomic E-state index is 0.0193. The van der Waals surface area contributed by atoms with Crippen LogP contribution in [0.1, 0.15) is 60.4 Å². The number of aryl methyl sites for hydroxylation is 1. The average molecular weight is 618 g/mol. The van der Waals surface area contributed by atoms with Crippen LogP contribution in [0.25, 0.3) is 0 Å². The van der Waals surface area contributed by atoms with Crippen molar-refractivity contribution < 1.29 is 19.7 Å². The summed E-state index contributed by atoms with van der Waals surface area (Å²) in [5, 5.41) is 19.1. The Morgan fingerprint density at radius 2 is 1.39 bits per heavy atom. The summed E-state index contributed by atoms with van der Waals surface area (Å²) >= 11 is 1.60.